The minimum Gasteiger partial charge on any atom is -0.484 e. The molecule has 0 atom stereocenters. The highest BCUT2D eigenvalue weighted by Crippen LogP contribution is 2.27. The van der Waals surface area contributed by atoms with Crippen LogP contribution < -0.4 is 10.1 Å². The number of benzene rings is 1. The van der Waals surface area contributed by atoms with E-state index in [-0.39, 0.29) is 24.5 Å². The maximum atomic E-state index is 12.3. The van der Waals surface area contributed by atoms with Gasteiger partial charge in [-0.05, 0) is 37.3 Å². The van der Waals surface area contributed by atoms with Gasteiger partial charge < -0.3 is 15.0 Å². The molecule has 0 unspecified atom stereocenters. The maximum absolute atomic E-state index is 12.3. The van der Waals surface area contributed by atoms with E-state index >= 15 is 0 Å². The van der Waals surface area contributed by atoms with Gasteiger partial charge in [0.15, 0.2) is 6.61 Å². The van der Waals surface area contributed by atoms with Crippen LogP contribution in [-0.4, -0.2) is 42.5 Å². The van der Waals surface area contributed by atoms with Crippen molar-refractivity contribution >= 4 is 11.8 Å². The molecule has 2 aliphatic rings. The molecule has 1 N–H and O–H groups in total. The quantitative estimate of drug-likeness (QED) is 0.796. The summed E-state index contributed by atoms with van der Waals surface area (Å²) in [5.74, 6) is 1.65. The molecule has 0 spiro atoms. The fourth-order valence-electron chi connectivity index (χ4n) is 4.14. The van der Waals surface area contributed by atoms with Crippen molar-refractivity contribution in [2.24, 2.45) is 5.92 Å². The number of para-hydroxylation sites is 1. The van der Waals surface area contributed by atoms with Crippen molar-refractivity contribution in [3.8, 4) is 5.75 Å². The highest BCUT2D eigenvalue weighted by Gasteiger charge is 2.24. The van der Waals surface area contributed by atoms with Crippen LogP contribution in [0.1, 0.15) is 57.8 Å². The van der Waals surface area contributed by atoms with Crippen LogP contribution in [0.5, 0.6) is 5.75 Å². The van der Waals surface area contributed by atoms with Gasteiger partial charge in [-0.3, -0.25) is 9.59 Å². The normalized spacial score (nSPS) is 18.9. The van der Waals surface area contributed by atoms with E-state index in [9.17, 15) is 9.59 Å². The smallest absolute Gasteiger partial charge is 0.260 e. The van der Waals surface area contributed by atoms with Crippen LogP contribution in [0.4, 0.5) is 0 Å². The molecule has 1 saturated carbocycles. The Kier molecular flexibility index (Phi) is 7.55. The molecule has 2 amide bonds. The number of hydrogen-bond acceptors (Lipinski definition) is 3. The van der Waals surface area contributed by atoms with Gasteiger partial charge in [0.05, 0.1) is 0 Å². The van der Waals surface area contributed by atoms with Crippen LogP contribution in [0.15, 0.2) is 30.3 Å². The summed E-state index contributed by atoms with van der Waals surface area (Å²) in [5.41, 5.74) is 0. The molecule has 3 rings (SSSR count). The number of likely N-dealkylation sites (tertiary alicyclic amines) is 1. The summed E-state index contributed by atoms with van der Waals surface area (Å²) >= 11 is 0. The van der Waals surface area contributed by atoms with Gasteiger partial charge in [-0.15, -0.1) is 0 Å². The lowest BCUT2D eigenvalue weighted by atomic mass is 9.86. The Balaban J connectivity index is 1.31. The minimum absolute atomic E-state index is 0.0147. The van der Waals surface area contributed by atoms with Gasteiger partial charge in [-0.1, -0.05) is 50.3 Å². The second kappa shape index (κ2) is 10.3. The number of piperidine rings is 1. The van der Waals surface area contributed by atoms with Crippen LogP contribution in [-0.2, 0) is 9.59 Å². The van der Waals surface area contributed by atoms with Crippen molar-refractivity contribution in [1.29, 1.82) is 0 Å². The summed E-state index contributed by atoms with van der Waals surface area (Å²) in [5, 5.41) is 3.17. The Labute approximate surface area is 162 Å². The first-order chi connectivity index (χ1) is 13.2. The zero-order chi connectivity index (χ0) is 18.9. The average Bonchev–Trinajstić information content (AvgIpc) is 2.72. The Hall–Kier alpha value is -2.04. The molecule has 0 aromatic heterocycles. The second-order valence-corrected chi connectivity index (χ2v) is 7.87. The van der Waals surface area contributed by atoms with E-state index in [0.717, 1.165) is 25.2 Å². The molecule has 1 heterocycles. The third-order valence-electron chi connectivity index (χ3n) is 5.82. The monoisotopic (exact) mass is 372 g/mol. The summed E-state index contributed by atoms with van der Waals surface area (Å²) in [4.78, 5) is 26.3. The first-order valence-electron chi connectivity index (χ1n) is 10.5. The number of carbonyl (C=O) groups is 2. The van der Waals surface area contributed by atoms with Gasteiger partial charge >= 0.3 is 0 Å². The molecule has 1 saturated heterocycles. The zero-order valence-electron chi connectivity index (χ0n) is 16.2. The van der Waals surface area contributed by atoms with E-state index in [1.54, 1.807) is 0 Å². The van der Waals surface area contributed by atoms with Crippen molar-refractivity contribution in [1.82, 2.24) is 10.2 Å². The number of carbonyl (C=O) groups excluding carboxylic acids is 2. The Morgan fingerprint density at radius 3 is 2.41 bits per heavy atom. The van der Waals surface area contributed by atoms with E-state index in [1.807, 2.05) is 35.2 Å². The Morgan fingerprint density at radius 2 is 1.70 bits per heavy atom. The first-order valence-corrected chi connectivity index (χ1v) is 10.5. The molecule has 148 valence electrons. The largest absolute Gasteiger partial charge is 0.484 e. The van der Waals surface area contributed by atoms with E-state index < -0.39 is 0 Å². The van der Waals surface area contributed by atoms with Crippen LogP contribution in [0.2, 0.25) is 0 Å². The van der Waals surface area contributed by atoms with Crippen LogP contribution in [0.3, 0.4) is 0 Å². The lowest BCUT2D eigenvalue weighted by molar-refractivity contribution is -0.134. The van der Waals surface area contributed by atoms with Crippen molar-refractivity contribution in [2.75, 3.05) is 19.7 Å². The standard InChI is InChI=1S/C22H32N2O3/c25-21(12-11-18-7-3-1-4-8-18)23-19-13-15-24(16-14-19)22(26)17-27-20-9-5-2-6-10-20/h2,5-6,9-10,18-19H,1,3-4,7-8,11-17H2,(H,23,25). The molecule has 1 aromatic carbocycles. The van der Waals surface area contributed by atoms with Crippen molar-refractivity contribution in [3.63, 3.8) is 0 Å². The topological polar surface area (TPSA) is 58.6 Å². The molecule has 0 radical (unpaired) electrons. The Morgan fingerprint density at radius 1 is 1.00 bits per heavy atom. The summed E-state index contributed by atoms with van der Waals surface area (Å²) in [6, 6.07) is 9.60. The highest BCUT2D eigenvalue weighted by molar-refractivity contribution is 5.78. The zero-order valence-corrected chi connectivity index (χ0v) is 16.2. The summed E-state index contributed by atoms with van der Waals surface area (Å²) < 4.78 is 5.54. The van der Waals surface area contributed by atoms with Crippen LogP contribution in [0.25, 0.3) is 0 Å². The number of nitrogens with one attached hydrogen (secondary N) is 1. The summed E-state index contributed by atoms with van der Waals surface area (Å²) in [7, 11) is 0. The van der Waals surface area contributed by atoms with Crippen molar-refractivity contribution < 1.29 is 14.3 Å². The average molecular weight is 373 g/mol. The number of nitrogens with zero attached hydrogens (tertiary/aromatic N) is 1. The lowest BCUT2D eigenvalue weighted by Crippen LogP contribution is -2.47. The molecule has 1 aliphatic heterocycles. The van der Waals surface area contributed by atoms with Gasteiger partial charge in [-0.25, -0.2) is 0 Å². The highest BCUT2D eigenvalue weighted by atomic mass is 16.5. The van der Waals surface area contributed by atoms with Crippen LogP contribution >= 0.6 is 0 Å². The minimum atomic E-state index is 0.0147. The predicted molar refractivity (Wildman–Crippen MR) is 105 cm³/mol. The number of hydrogen-bond donors (Lipinski definition) is 1. The molecular formula is C22H32N2O3. The van der Waals surface area contributed by atoms with E-state index in [4.69, 9.17) is 4.74 Å². The molecule has 5 heteroatoms. The summed E-state index contributed by atoms with van der Waals surface area (Å²) in [6.07, 6.45) is 9.92. The molecule has 1 aliphatic carbocycles. The van der Waals surface area contributed by atoms with Gasteiger partial charge in [-0.2, -0.15) is 0 Å². The van der Waals surface area contributed by atoms with Crippen molar-refractivity contribution in [3.05, 3.63) is 30.3 Å². The second-order valence-electron chi connectivity index (χ2n) is 7.87. The molecule has 5 nitrogen and oxygen atoms in total. The Bertz CT molecular complexity index is 591. The molecule has 2 fully saturated rings. The van der Waals surface area contributed by atoms with Crippen molar-refractivity contribution in [2.45, 2.75) is 63.8 Å². The third-order valence-corrected chi connectivity index (χ3v) is 5.82. The molecule has 0 bridgehead atoms. The van der Waals surface area contributed by atoms with E-state index in [0.29, 0.717) is 25.3 Å². The maximum Gasteiger partial charge on any atom is 0.260 e. The molecular weight excluding hydrogens is 340 g/mol. The third kappa shape index (κ3) is 6.56. The summed E-state index contributed by atoms with van der Waals surface area (Å²) in [6.45, 7) is 1.44. The fraction of sp³-hybridized carbons (Fsp3) is 0.636. The fourth-order valence-corrected chi connectivity index (χ4v) is 4.14. The van der Waals surface area contributed by atoms with Gasteiger partial charge in [0, 0.05) is 25.6 Å². The first kappa shape index (κ1) is 19.7. The van der Waals surface area contributed by atoms with Gasteiger partial charge in [0.25, 0.3) is 5.91 Å². The number of rotatable bonds is 7. The van der Waals surface area contributed by atoms with Gasteiger partial charge in [0.2, 0.25) is 5.91 Å². The number of ether oxygens (including phenoxy) is 1. The SMILES string of the molecule is O=C(CCC1CCCCC1)NC1CCN(C(=O)COc2ccccc2)CC1. The van der Waals surface area contributed by atoms with Gasteiger partial charge in [0.1, 0.15) is 5.75 Å². The molecule has 27 heavy (non-hydrogen) atoms. The number of amides is 2. The van der Waals surface area contributed by atoms with E-state index in [1.165, 1.54) is 32.1 Å². The predicted octanol–water partition coefficient (Wildman–Crippen LogP) is 3.53. The van der Waals surface area contributed by atoms with Crippen LogP contribution in [0, 0.1) is 5.92 Å². The molecule has 1 aromatic rings. The van der Waals surface area contributed by atoms with E-state index in [2.05, 4.69) is 5.32 Å². The lowest BCUT2D eigenvalue weighted by Gasteiger charge is -2.32.